The average molecular weight is 398 g/mol. The Bertz CT molecular complexity index is 1100. The van der Waals surface area contributed by atoms with Gasteiger partial charge in [-0.15, -0.1) is 11.3 Å². The fourth-order valence-electron chi connectivity index (χ4n) is 3.49. The van der Waals surface area contributed by atoms with Crippen LogP contribution in [0.1, 0.15) is 31.8 Å². The number of aromatic hydroxyl groups is 1. The van der Waals surface area contributed by atoms with E-state index in [4.69, 9.17) is 10.5 Å². The molecule has 2 aromatic heterocycles. The van der Waals surface area contributed by atoms with Crippen molar-refractivity contribution in [1.29, 1.82) is 0 Å². The van der Waals surface area contributed by atoms with Gasteiger partial charge in [-0.1, -0.05) is 0 Å². The van der Waals surface area contributed by atoms with Crippen LogP contribution in [0.25, 0.3) is 10.2 Å². The molecule has 28 heavy (non-hydrogen) atoms. The Kier molecular flexibility index (Phi) is 4.60. The highest BCUT2D eigenvalue weighted by molar-refractivity contribution is 7.17. The van der Waals surface area contributed by atoms with Gasteiger partial charge in [0.05, 0.1) is 18.2 Å². The van der Waals surface area contributed by atoms with Crippen molar-refractivity contribution in [2.45, 2.75) is 12.8 Å². The molecule has 0 fully saturated rings. The third kappa shape index (κ3) is 3.03. The lowest BCUT2D eigenvalue weighted by atomic mass is 9.99. The molecule has 9 heteroatoms. The minimum Gasteiger partial charge on any atom is -0.496 e. The maximum absolute atomic E-state index is 13.1. The summed E-state index contributed by atoms with van der Waals surface area (Å²) in [6.07, 6.45) is 2.07. The van der Waals surface area contributed by atoms with E-state index in [1.54, 1.807) is 10.3 Å². The van der Waals surface area contributed by atoms with Crippen molar-refractivity contribution in [2.24, 2.45) is 0 Å². The van der Waals surface area contributed by atoms with E-state index in [1.807, 2.05) is 12.1 Å². The van der Waals surface area contributed by atoms with Gasteiger partial charge in [-0.3, -0.25) is 9.59 Å². The molecule has 0 bridgehead atoms. The molecule has 1 amide bonds. The summed E-state index contributed by atoms with van der Waals surface area (Å²) in [6, 6.07) is 3.71. The summed E-state index contributed by atoms with van der Waals surface area (Å²) < 4.78 is 5.73. The van der Waals surface area contributed by atoms with E-state index < -0.39 is 0 Å². The van der Waals surface area contributed by atoms with Crippen LogP contribution in [0, 0.1) is 0 Å². The Labute approximate surface area is 164 Å². The fraction of sp³-hybridized carbons (Fsp3) is 0.263. The van der Waals surface area contributed by atoms with Crippen molar-refractivity contribution in [3.8, 4) is 11.6 Å². The van der Waals surface area contributed by atoms with Crippen LogP contribution in [-0.2, 0) is 12.8 Å². The summed E-state index contributed by atoms with van der Waals surface area (Å²) in [5, 5.41) is 11.6. The number of hydrogen-bond acceptors (Lipinski definition) is 8. The monoisotopic (exact) mass is 398 g/mol. The molecule has 3 aromatic rings. The third-order valence-corrected chi connectivity index (χ3v) is 5.88. The first-order valence-corrected chi connectivity index (χ1v) is 9.57. The van der Waals surface area contributed by atoms with Gasteiger partial charge >= 0.3 is 0 Å². The van der Waals surface area contributed by atoms with E-state index in [2.05, 4.69) is 9.97 Å². The number of methoxy groups -OCH3 is 1. The zero-order chi connectivity index (χ0) is 19.8. The maximum atomic E-state index is 13.1. The molecule has 0 aliphatic carbocycles. The summed E-state index contributed by atoms with van der Waals surface area (Å²) in [7, 11) is 1.53. The first kappa shape index (κ1) is 18.2. The second-order valence-electron chi connectivity index (χ2n) is 6.51. The Balaban J connectivity index is 1.63. The molecule has 0 atom stereocenters. The van der Waals surface area contributed by atoms with E-state index in [0.29, 0.717) is 53.0 Å². The highest BCUT2D eigenvalue weighted by Gasteiger charge is 2.25. The fourth-order valence-corrected chi connectivity index (χ4v) is 4.35. The standard InChI is InChI=1S/C19H18N4O4S/c1-27-14-7-11-3-5-23(4-2-10(11)6-12(14)8-24)18(26)13-9-28-16-15(13)21-19(20)22-17(16)25/h6-9H,2-5H2,1H3,(H3,20,21,22,25). The summed E-state index contributed by atoms with van der Waals surface area (Å²) >= 11 is 1.21. The molecule has 1 aliphatic heterocycles. The van der Waals surface area contributed by atoms with Crippen LogP contribution < -0.4 is 10.5 Å². The number of hydrogen-bond donors (Lipinski definition) is 2. The number of thiophene rings is 1. The van der Waals surface area contributed by atoms with Gasteiger partial charge < -0.3 is 20.5 Å². The highest BCUT2D eigenvalue weighted by atomic mass is 32.1. The minimum absolute atomic E-state index is 0.0748. The summed E-state index contributed by atoms with van der Waals surface area (Å²) in [4.78, 5) is 34.0. The highest BCUT2D eigenvalue weighted by Crippen LogP contribution is 2.32. The molecule has 8 nitrogen and oxygen atoms in total. The number of amides is 1. The Morgan fingerprint density at radius 2 is 2.00 bits per heavy atom. The van der Waals surface area contributed by atoms with Gasteiger partial charge in [-0.25, -0.2) is 4.98 Å². The summed E-state index contributed by atoms with van der Waals surface area (Å²) in [5.74, 6) is 0.0802. The predicted octanol–water partition coefficient (Wildman–Crippen LogP) is 2.04. The number of benzene rings is 1. The predicted molar refractivity (Wildman–Crippen MR) is 105 cm³/mol. The molecule has 3 N–H and O–H groups in total. The number of fused-ring (bicyclic) bond motifs is 2. The van der Waals surface area contributed by atoms with Crippen LogP contribution in [0.3, 0.4) is 0 Å². The minimum atomic E-state index is -0.219. The van der Waals surface area contributed by atoms with Crippen LogP contribution in [0.15, 0.2) is 17.5 Å². The number of carbonyl (C=O) groups is 2. The van der Waals surface area contributed by atoms with Gasteiger partial charge in [0, 0.05) is 18.5 Å². The van der Waals surface area contributed by atoms with E-state index in [1.165, 1.54) is 18.4 Å². The largest absolute Gasteiger partial charge is 0.496 e. The second kappa shape index (κ2) is 7.08. The molecule has 1 aliphatic rings. The van der Waals surface area contributed by atoms with Crippen molar-refractivity contribution in [2.75, 3.05) is 25.9 Å². The van der Waals surface area contributed by atoms with Crippen LogP contribution in [0.4, 0.5) is 5.95 Å². The quantitative estimate of drug-likeness (QED) is 0.648. The first-order chi connectivity index (χ1) is 13.5. The van der Waals surface area contributed by atoms with Crippen molar-refractivity contribution in [3.63, 3.8) is 0 Å². The molecule has 0 radical (unpaired) electrons. The smallest absolute Gasteiger partial charge is 0.256 e. The summed E-state index contributed by atoms with van der Waals surface area (Å²) in [5.41, 5.74) is 9.01. The number of nitrogens with zero attached hydrogens (tertiary/aromatic N) is 3. The SMILES string of the molecule is COc1cc2c(cc1C=O)CCN(C(=O)c1csc3c(O)nc(N)nc13)CC2. The molecule has 0 saturated heterocycles. The normalized spacial score (nSPS) is 13.8. The van der Waals surface area contributed by atoms with E-state index >= 15 is 0 Å². The van der Waals surface area contributed by atoms with Crippen LogP contribution in [0.2, 0.25) is 0 Å². The zero-order valence-corrected chi connectivity index (χ0v) is 16.0. The average Bonchev–Trinajstić information content (AvgIpc) is 3.00. The Morgan fingerprint density at radius 3 is 2.68 bits per heavy atom. The zero-order valence-electron chi connectivity index (χ0n) is 15.1. The molecule has 144 valence electrons. The molecule has 0 unspecified atom stereocenters. The molecule has 1 aromatic carbocycles. The van der Waals surface area contributed by atoms with Gasteiger partial charge in [0.2, 0.25) is 11.8 Å². The van der Waals surface area contributed by atoms with Crippen molar-refractivity contribution in [3.05, 3.63) is 39.8 Å². The second-order valence-corrected chi connectivity index (χ2v) is 7.39. The van der Waals surface area contributed by atoms with Crippen molar-refractivity contribution < 1.29 is 19.4 Å². The first-order valence-electron chi connectivity index (χ1n) is 8.69. The Morgan fingerprint density at radius 1 is 1.29 bits per heavy atom. The molecule has 0 saturated carbocycles. The number of nitrogen functional groups attached to an aromatic ring is 1. The number of anilines is 1. The molecular weight excluding hydrogens is 380 g/mol. The lowest BCUT2D eigenvalue weighted by molar-refractivity contribution is 0.0765. The van der Waals surface area contributed by atoms with Gasteiger partial charge in [-0.2, -0.15) is 4.98 Å². The number of ether oxygens (including phenoxy) is 1. The van der Waals surface area contributed by atoms with Gasteiger partial charge in [0.1, 0.15) is 16.0 Å². The maximum Gasteiger partial charge on any atom is 0.256 e. The van der Waals surface area contributed by atoms with Crippen molar-refractivity contribution in [1.82, 2.24) is 14.9 Å². The van der Waals surface area contributed by atoms with Gasteiger partial charge in [0.25, 0.3) is 5.91 Å². The van der Waals surface area contributed by atoms with E-state index in [-0.39, 0.29) is 17.7 Å². The molecular formula is C19H18N4O4S. The molecule has 0 spiro atoms. The van der Waals surface area contributed by atoms with Crippen LogP contribution in [0.5, 0.6) is 11.6 Å². The lowest BCUT2D eigenvalue weighted by Crippen LogP contribution is -2.33. The summed E-state index contributed by atoms with van der Waals surface area (Å²) in [6.45, 7) is 1.04. The topological polar surface area (TPSA) is 119 Å². The van der Waals surface area contributed by atoms with Crippen LogP contribution in [-0.4, -0.2) is 52.4 Å². The Hall–Kier alpha value is -3.20. The van der Waals surface area contributed by atoms with Gasteiger partial charge in [-0.05, 0) is 36.1 Å². The van der Waals surface area contributed by atoms with E-state index in [0.717, 1.165) is 17.4 Å². The third-order valence-electron chi connectivity index (χ3n) is 4.91. The lowest BCUT2D eigenvalue weighted by Gasteiger charge is -2.19. The molecule has 3 heterocycles. The number of aldehydes is 1. The molecule has 4 rings (SSSR count). The number of nitrogens with two attached hydrogens (primary N) is 1. The number of carbonyl (C=O) groups excluding carboxylic acids is 2. The number of aromatic nitrogens is 2. The van der Waals surface area contributed by atoms with Gasteiger partial charge in [0.15, 0.2) is 6.29 Å². The van der Waals surface area contributed by atoms with E-state index in [9.17, 15) is 14.7 Å². The van der Waals surface area contributed by atoms with Crippen molar-refractivity contribution >= 4 is 39.7 Å². The van der Waals surface area contributed by atoms with Crippen LogP contribution >= 0.6 is 11.3 Å². The number of rotatable bonds is 3.